The van der Waals surface area contributed by atoms with Crippen LogP contribution >= 0.6 is 0 Å². The van der Waals surface area contributed by atoms with E-state index in [1.54, 1.807) is 24.3 Å². The molecule has 3 nitrogen and oxygen atoms in total. The Morgan fingerprint density at radius 3 is 2.76 bits per heavy atom. The van der Waals surface area contributed by atoms with Gasteiger partial charge < -0.3 is 10.1 Å². The monoisotopic (exact) mass is 286 g/mol. The molecule has 0 unspecified atom stereocenters. The Hall–Kier alpha value is -2.69. The molecule has 0 amide bonds. The highest BCUT2D eigenvalue weighted by molar-refractivity contribution is 6.01. The molecule has 0 aliphatic heterocycles. The molecule has 0 fully saturated rings. The predicted molar refractivity (Wildman–Crippen MR) is 77.6 cm³/mol. The summed E-state index contributed by atoms with van der Waals surface area (Å²) in [5.41, 5.74) is 1.46. The van der Waals surface area contributed by atoms with Crippen LogP contribution in [0.15, 0.2) is 47.5 Å². The molecule has 21 heavy (non-hydrogen) atoms. The van der Waals surface area contributed by atoms with Crippen molar-refractivity contribution in [3.05, 3.63) is 65.2 Å². The van der Waals surface area contributed by atoms with Crippen molar-refractivity contribution in [2.45, 2.75) is 6.54 Å². The fourth-order valence-corrected chi connectivity index (χ4v) is 2.16. The molecule has 5 heteroatoms. The van der Waals surface area contributed by atoms with Crippen molar-refractivity contribution in [2.75, 3.05) is 0 Å². The first-order valence-corrected chi connectivity index (χ1v) is 6.38. The number of aromatic amines is 1. The predicted octanol–water partition coefficient (Wildman–Crippen LogP) is 3.77. The lowest BCUT2D eigenvalue weighted by atomic mass is 10.2. The number of benzene rings is 2. The van der Waals surface area contributed by atoms with Crippen LogP contribution in [-0.4, -0.2) is 16.3 Å². The van der Waals surface area contributed by atoms with Crippen LogP contribution < -0.4 is 0 Å². The van der Waals surface area contributed by atoms with Crippen molar-refractivity contribution in [1.82, 2.24) is 4.98 Å². The number of hydrogen-bond acceptors (Lipinski definition) is 2. The van der Waals surface area contributed by atoms with Gasteiger partial charge in [0.05, 0.1) is 12.1 Å². The Morgan fingerprint density at radius 1 is 1.14 bits per heavy atom. The normalized spacial score (nSPS) is 11.5. The van der Waals surface area contributed by atoms with E-state index in [1.807, 2.05) is 0 Å². The zero-order chi connectivity index (χ0) is 14.8. The molecule has 3 aromatic rings. The molecule has 3 rings (SSSR count). The van der Waals surface area contributed by atoms with Gasteiger partial charge in [0, 0.05) is 22.7 Å². The van der Waals surface area contributed by atoms with Crippen LogP contribution in [0.5, 0.6) is 5.88 Å². The van der Waals surface area contributed by atoms with E-state index in [0.29, 0.717) is 22.0 Å². The number of nitrogens with one attached hydrogen (secondary N) is 1. The molecular weight excluding hydrogens is 274 g/mol. The second kappa shape index (κ2) is 5.36. The Bertz CT molecular complexity index is 824. The number of aliphatic imine (C=N–C) groups is 1. The fourth-order valence-electron chi connectivity index (χ4n) is 2.16. The molecule has 0 saturated heterocycles. The number of aromatic nitrogens is 1. The van der Waals surface area contributed by atoms with Crippen LogP contribution in [0.2, 0.25) is 0 Å². The van der Waals surface area contributed by atoms with Crippen molar-refractivity contribution in [3.63, 3.8) is 0 Å². The summed E-state index contributed by atoms with van der Waals surface area (Å²) in [7, 11) is 0. The maximum Gasteiger partial charge on any atom is 0.198 e. The van der Waals surface area contributed by atoms with Crippen LogP contribution in [0.25, 0.3) is 10.9 Å². The summed E-state index contributed by atoms with van der Waals surface area (Å²) in [6.45, 7) is 0.147. The molecular formula is C16H12F2N2O. The third-order valence-electron chi connectivity index (χ3n) is 3.22. The van der Waals surface area contributed by atoms with Gasteiger partial charge in [0.1, 0.15) is 11.6 Å². The molecule has 0 radical (unpaired) electrons. The Balaban J connectivity index is 1.91. The molecule has 0 bridgehead atoms. The molecule has 0 saturated carbocycles. The number of H-pyrrole nitrogens is 1. The summed E-state index contributed by atoms with van der Waals surface area (Å²) in [5, 5.41) is 10.4. The molecule has 0 aliphatic carbocycles. The topological polar surface area (TPSA) is 48.4 Å². The molecule has 0 aliphatic rings. The van der Waals surface area contributed by atoms with Gasteiger partial charge in [-0.1, -0.05) is 18.2 Å². The second-order valence-corrected chi connectivity index (χ2v) is 4.64. The van der Waals surface area contributed by atoms with Crippen molar-refractivity contribution < 1.29 is 13.9 Å². The van der Waals surface area contributed by atoms with Crippen molar-refractivity contribution in [1.29, 1.82) is 0 Å². The molecule has 0 spiro atoms. The van der Waals surface area contributed by atoms with Crippen LogP contribution in [0.3, 0.4) is 0 Å². The van der Waals surface area contributed by atoms with E-state index in [-0.39, 0.29) is 18.2 Å². The van der Waals surface area contributed by atoms with E-state index in [4.69, 9.17) is 0 Å². The number of fused-ring (bicyclic) bond motifs is 1. The van der Waals surface area contributed by atoms with Crippen molar-refractivity contribution >= 4 is 17.1 Å². The van der Waals surface area contributed by atoms with E-state index in [1.165, 1.54) is 24.4 Å². The second-order valence-electron chi connectivity index (χ2n) is 4.64. The lowest BCUT2D eigenvalue weighted by molar-refractivity contribution is 0.457. The maximum atomic E-state index is 13.5. The van der Waals surface area contributed by atoms with E-state index < -0.39 is 5.82 Å². The largest absolute Gasteiger partial charge is 0.494 e. The quantitative estimate of drug-likeness (QED) is 0.707. The number of halogens is 2. The molecule has 0 atom stereocenters. The zero-order valence-electron chi connectivity index (χ0n) is 11.0. The van der Waals surface area contributed by atoms with Crippen LogP contribution in [-0.2, 0) is 6.54 Å². The Morgan fingerprint density at radius 2 is 1.95 bits per heavy atom. The summed E-state index contributed by atoms with van der Waals surface area (Å²) in [6.07, 6.45) is 1.42. The first kappa shape index (κ1) is 13.3. The summed E-state index contributed by atoms with van der Waals surface area (Å²) in [6, 6.07) is 10.5. The van der Waals surface area contributed by atoms with E-state index in [2.05, 4.69) is 9.98 Å². The number of hydrogen-bond donors (Lipinski definition) is 2. The highest BCUT2D eigenvalue weighted by atomic mass is 19.1. The van der Waals surface area contributed by atoms with E-state index in [0.717, 1.165) is 0 Å². The molecule has 1 aromatic heterocycles. The molecule has 106 valence electrons. The maximum absolute atomic E-state index is 13.5. The van der Waals surface area contributed by atoms with Gasteiger partial charge in [0.25, 0.3) is 0 Å². The van der Waals surface area contributed by atoms with Crippen LogP contribution in [0.1, 0.15) is 11.1 Å². The van der Waals surface area contributed by atoms with Gasteiger partial charge in [-0.25, -0.2) is 8.78 Å². The van der Waals surface area contributed by atoms with Gasteiger partial charge in [0.15, 0.2) is 5.88 Å². The Labute approximate surface area is 119 Å². The van der Waals surface area contributed by atoms with E-state index >= 15 is 0 Å². The zero-order valence-corrected chi connectivity index (χ0v) is 11.0. The SMILES string of the molecule is Oc1[nH]c2ccc(F)cc2c1C=NCc1ccccc1F. The smallest absolute Gasteiger partial charge is 0.198 e. The third kappa shape index (κ3) is 2.63. The summed E-state index contributed by atoms with van der Waals surface area (Å²) in [5.74, 6) is -0.818. The minimum atomic E-state index is -0.398. The van der Waals surface area contributed by atoms with Crippen LogP contribution in [0.4, 0.5) is 8.78 Å². The van der Waals surface area contributed by atoms with Gasteiger partial charge in [-0.2, -0.15) is 0 Å². The summed E-state index contributed by atoms with van der Waals surface area (Å²) in [4.78, 5) is 6.86. The van der Waals surface area contributed by atoms with Gasteiger partial charge in [0.2, 0.25) is 0 Å². The average Bonchev–Trinajstić information content (AvgIpc) is 2.77. The van der Waals surface area contributed by atoms with E-state index in [9.17, 15) is 13.9 Å². The van der Waals surface area contributed by atoms with Gasteiger partial charge in [-0.05, 0) is 24.3 Å². The standard InChI is InChI=1S/C16H12F2N2O/c17-11-5-6-15-12(7-11)13(16(21)20-15)9-19-8-10-3-1-2-4-14(10)18/h1-7,9,20-21H,8H2. The van der Waals surface area contributed by atoms with Gasteiger partial charge in [-0.3, -0.25) is 4.99 Å². The van der Waals surface area contributed by atoms with Crippen molar-refractivity contribution in [3.8, 4) is 5.88 Å². The first-order valence-electron chi connectivity index (χ1n) is 6.38. The number of nitrogens with zero attached hydrogens (tertiary/aromatic N) is 1. The molecule has 2 aromatic carbocycles. The number of aromatic hydroxyl groups is 1. The van der Waals surface area contributed by atoms with Gasteiger partial charge in [-0.15, -0.1) is 0 Å². The lowest BCUT2D eigenvalue weighted by Gasteiger charge is -1.98. The van der Waals surface area contributed by atoms with Crippen molar-refractivity contribution in [2.24, 2.45) is 4.99 Å². The van der Waals surface area contributed by atoms with Crippen LogP contribution in [0, 0.1) is 11.6 Å². The minimum absolute atomic E-state index is 0.0899. The summed E-state index contributed by atoms with van der Waals surface area (Å²) >= 11 is 0. The summed E-state index contributed by atoms with van der Waals surface area (Å²) < 4.78 is 26.7. The average molecular weight is 286 g/mol. The molecule has 1 heterocycles. The number of rotatable bonds is 3. The minimum Gasteiger partial charge on any atom is -0.494 e. The molecule has 2 N–H and O–H groups in total. The fraction of sp³-hybridized carbons (Fsp3) is 0.0625. The first-order chi connectivity index (χ1) is 10.1. The lowest BCUT2D eigenvalue weighted by Crippen LogP contribution is -1.88. The Kier molecular flexibility index (Phi) is 3.39. The highest BCUT2D eigenvalue weighted by Crippen LogP contribution is 2.26. The van der Waals surface area contributed by atoms with Gasteiger partial charge >= 0.3 is 0 Å². The third-order valence-corrected chi connectivity index (χ3v) is 3.22. The highest BCUT2D eigenvalue weighted by Gasteiger charge is 2.09.